The molecular formula is C16H19NO3. The van der Waals surface area contributed by atoms with Crippen molar-refractivity contribution in [1.29, 1.82) is 0 Å². The number of esters is 1. The van der Waals surface area contributed by atoms with Gasteiger partial charge in [0.2, 0.25) is 0 Å². The maximum absolute atomic E-state index is 11.6. The summed E-state index contributed by atoms with van der Waals surface area (Å²) in [5.74, 6) is 0.521. The molecule has 1 atom stereocenters. The fourth-order valence-corrected chi connectivity index (χ4v) is 2.31. The van der Waals surface area contributed by atoms with Crippen LogP contribution in [0.3, 0.4) is 0 Å². The first-order chi connectivity index (χ1) is 9.67. The predicted octanol–water partition coefficient (Wildman–Crippen LogP) is 2.80. The Balaban J connectivity index is 2.37. The zero-order valence-electron chi connectivity index (χ0n) is 11.8. The van der Waals surface area contributed by atoms with E-state index in [0.717, 1.165) is 22.1 Å². The molecule has 0 aromatic heterocycles. The molecule has 0 fully saturated rings. The van der Waals surface area contributed by atoms with Gasteiger partial charge in [-0.15, -0.1) is 0 Å². The topological polar surface area (TPSA) is 61.5 Å². The Kier molecular flexibility index (Phi) is 4.58. The maximum atomic E-state index is 11.6. The van der Waals surface area contributed by atoms with E-state index in [4.69, 9.17) is 15.2 Å². The molecule has 2 N–H and O–H groups in total. The van der Waals surface area contributed by atoms with E-state index in [0.29, 0.717) is 6.61 Å². The quantitative estimate of drug-likeness (QED) is 0.851. The third kappa shape index (κ3) is 2.91. The lowest BCUT2D eigenvalue weighted by molar-refractivity contribution is -0.143. The van der Waals surface area contributed by atoms with Gasteiger partial charge in [0.1, 0.15) is 5.75 Å². The van der Waals surface area contributed by atoms with Crippen LogP contribution in [-0.4, -0.2) is 19.7 Å². The van der Waals surface area contributed by atoms with E-state index >= 15 is 0 Å². The number of methoxy groups -OCH3 is 1. The number of nitrogens with two attached hydrogens (primary N) is 1. The lowest BCUT2D eigenvalue weighted by Crippen LogP contribution is -2.17. The largest absolute Gasteiger partial charge is 0.496 e. The van der Waals surface area contributed by atoms with Gasteiger partial charge in [-0.05, 0) is 23.9 Å². The number of hydrogen-bond acceptors (Lipinski definition) is 4. The minimum atomic E-state index is -0.384. The summed E-state index contributed by atoms with van der Waals surface area (Å²) in [6.45, 7) is 2.15. The SMILES string of the molecule is CCOC(=O)C[C@@H](N)c1ccc(OC)c2ccccc12. The smallest absolute Gasteiger partial charge is 0.307 e. The molecule has 0 heterocycles. The Morgan fingerprint density at radius 1 is 1.20 bits per heavy atom. The molecule has 0 aliphatic carbocycles. The third-order valence-corrected chi connectivity index (χ3v) is 3.23. The van der Waals surface area contributed by atoms with Gasteiger partial charge in [-0.1, -0.05) is 30.3 Å². The molecule has 0 aliphatic heterocycles. The fraction of sp³-hybridized carbons (Fsp3) is 0.312. The molecule has 4 nitrogen and oxygen atoms in total. The predicted molar refractivity (Wildman–Crippen MR) is 78.7 cm³/mol. The van der Waals surface area contributed by atoms with Crippen LogP contribution in [0.4, 0.5) is 0 Å². The van der Waals surface area contributed by atoms with Crippen LogP contribution in [0, 0.1) is 0 Å². The van der Waals surface area contributed by atoms with Crippen molar-refractivity contribution in [3.63, 3.8) is 0 Å². The molecule has 2 rings (SSSR count). The Hall–Kier alpha value is -2.07. The zero-order chi connectivity index (χ0) is 14.5. The van der Waals surface area contributed by atoms with Gasteiger partial charge >= 0.3 is 5.97 Å². The first kappa shape index (κ1) is 14.3. The molecule has 2 aromatic carbocycles. The Morgan fingerprint density at radius 2 is 1.90 bits per heavy atom. The van der Waals surface area contributed by atoms with E-state index in [-0.39, 0.29) is 18.4 Å². The number of hydrogen-bond donors (Lipinski definition) is 1. The van der Waals surface area contributed by atoms with Gasteiger partial charge in [0.25, 0.3) is 0 Å². The van der Waals surface area contributed by atoms with Crippen molar-refractivity contribution in [1.82, 2.24) is 0 Å². The van der Waals surface area contributed by atoms with Crippen molar-refractivity contribution in [2.45, 2.75) is 19.4 Å². The van der Waals surface area contributed by atoms with E-state index in [1.807, 2.05) is 36.4 Å². The molecule has 2 aromatic rings. The van der Waals surface area contributed by atoms with Gasteiger partial charge in [0, 0.05) is 11.4 Å². The molecule has 0 saturated heterocycles. The molecule has 0 saturated carbocycles. The van der Waals surface area contributed by atoms with Crippen LogP contribution < -0.4 is 10.5 Å². The molecular weight excluding hydrogens is 254 g/mol. The highest BCUT2D eigenvalue weighted by Crippen LogP contribution is 2.31. The lowest BCUT2D eigenvalue weighted by Gasteiger charge is -2.15. The Morgan fingerprint density at radius 3 is 2.55 bits per heavy atom. The average Bonchev–Trinajstić information content (AvgIpc) is 2.46. The number of ether oxygens (including phenoxy) is 2. The molecule has 20 heavy (non-hydrogen) atoms. The lowest BCUT2D eigenvalue weighted by atomic mass is 9.97. The van der Waals surface area contributed by atoms with Crippen molar-refractivity contribution in [3.8, 4) is 5.75 Å². The fourth-order valence-electron chi connectivity index (χ4n) is 2.31. The van der Waals surface area contributed by atoms with Crippen molar-refractivity contribution in [3.05, 3.63) is 42.0 Å². The van der Waals surface area contributed by atoms with Gasteiger partial charge in [0.15, 0.2) is 0 Å². The number of carbonyl (C=O) groups excluding carboxylic acids is 1. The van der Waals surface area contributed by atoms with E-state index in [1.165, 1.54) is 0 Å². The summed E-state index contributed by atoms with van der Waals surface area (Å²) < 4.78 is 10.3. The van der Waals surface area contributed by atoms with E-state index in [2.05, 4.69) is 0 Å². The maximum Gasteiger partial charge on any atom is 0.307 e. The highest BCUT2D eigenvalue weighted by atomic mass is 16.5. The van der Waals surface area contributed by atoms with Gasteiger partial charge in [-0.2, -0.15) is 0 Å². The second-order valence-corrected chi connectivity index (χ2v) is 4.52. The van der Waals surface area contributed by atoms with Crippen molar-refractivity contribution in [2.75, 3.05) is 13.7 Å². The molecule has 0 amide bonds. The summed E-state index contributed by atoms with van der Waals surface area (Å²) in [5.41, 5.74) is 7.07. The molecule has 4 heteroatoms. The summed E-state index contributed by atoms with van der Waals surface area (Å²) in [4.78, 5) is 11.6. The number of benzene rings is 2. The average molecular weight is 273 g/mol. The first-order valence-electron chi connectivity index (χ1n) is 6.64. The van der Waals surface area contributed by atoms with Crippen LogP contribution in [0.1, 0.15) is 24.9 Å². The normalized spacial score (nSPS) is 12.2. The number of carbonyl (C=O) groups is 1. The van der Waals surface area contributed by atoms with E-state index in [1.54, 1.807) is 14.0 Å². The summed E-state index contributed by atoms with van der Waals surface area (Å²) in [6, 6.07) is 11.3. The minimum Gasteiger partial charge on any atom is -0.496 e. The van der Waals surface area contributed by atoms with Crippen LogP contribution in [0.15, 0.2) is 36.4 Å². The van der Waals surface area contributed by atoms with E-state index in [9.17, 15) is 4.79 Å². The molecule has 0 bridgehead atoms. The van der Waals surface area contributed by atoms with Gasteiger partial charge in [-0.3, -0.25) is 4.79 Å². The van der Waals surface area contributed by atoms with E-state index < -0.39 is 0 Å². The third-order valence-electron chi connectivity index (χ3n) is 3.23. The number of fused-ring (bicyclic) bond motifs is 1. The van der Waals surface area contributed by atoms with Crippen molar-refractivity contribution >= 4 is 16.7 Å². The van der Waals surface area contributed by atoms with Crippen LogP contribution >= 0.6 is 0 Å². The summed E-state index contributed by atoms with van der Waals surface area (Å²) in [6.07, 6.45) is 0.171. The number of rotatable bonds is 5. The highest BCUT2D eigenvalue weighted by molar-refractivity contribution is 5.91. The Bertz CT molecular complexity index is 610. The van der Waals surface area contributed by atoms with Crippen LogP contribution in [0.25, 0.3) is 10.8 Å². The van der Waals surface area contributed by atoms with Gasteiger partial charge in [-0.25, -0.2) is 0 Å². The van der Waals surface area contributed by atoms with Crippen LogP contribution in [0.2, 0.25) is 0 Å². The highest BCUT2D eigenvalue weighted by Gasteiger charge is 2.16. The summed E-state index contributed by atoms with van der Waals surface area (Å²) >= 11 is 0. The van der Waals surface area contributed by atoms with Crippen molar-refractivity contribution in [2.24, 2.45) is 5.73 Å². The molecule has 0 radical (unpaired) electrons. The second-order valence-electron chi connectivity index (χ2n) is 4.52. The molecule has 0 unspecified atom stereocenters. The Labute approximate surface area is 118 Å². The second kappa shape index (κ2) is 6.39. The zero-order valence-corrected chi connectivity index (χ0v) is 11.8. The van der Waals surface area contributed by atoms with Crippen LogP contribution in [-0.2, 0) is 9.53 Å². The minimum absolute atomic E-state index is 0.171. The standard InChI is InChI=1S/C16H19NO3/c1-3-20-16(18)10-14(17)12-8-9-15(19-2)13-7-5-4-6-11(12)13/h4-9,14H,3,10,17H2,1-2H3/t14-/m1/s1. The molecule has 0 aliphatic rings. The molecule has 0 spiro atoms. The van der Waals surface area contributed by atoms with Gasteiger partial charge < -0.3 is 15.2 Å². The summed E-state index contributed by atoms with van der Waals surface area (Å²) in [5, 5.41) is 2.00. The van der Waals surface area contributed by atoms with Gasteiger partial charge in [0.05, 0.1) is 20.1 Å². The van der Waals surface area contributed by atoms with Crippen molar-refractivity contribution < 1.29 is 14.3 Å². The molecule has 106 valence electrons. The summed E-state index contributed by atoms with van der Waals surface area (Å²) in [7, 11) is 1.64. The monoisotopic (exact) mass is 273 g/mol. The first-order valence-corrected chi connectivity index (χ1v) is 6.64. The van der Waals surface area contributed by atoms with Crippen LogP contribution in [0.5, 0.6) is 5.75 Å².